The largest absolute Gasteiger partial charge is 0.488 e. The summed E-state index contributed by atoms with van der Waals surface area (Å²) in [7, 11) is -3.62. The van der Waals surface area contributed by atoms with Gasteiger partial charge >= 0.3 is 0 Å². The molecular weight excluding hydrogens is 386 g/mol. The fourth-order valence-corrected chi connectivity index (χ4v) is 4.74. The number of aromatic nitrogens is 2. The van der Waals surface area contributed by atoms with E-state index in [1.807, 2.05) is 0 Å². The molecule has 0 aliphatic carbocycles. The van der Waals surface area contributed by atoms with Crippen molar-refractivity contribution in [2.75, 3.05) is 13.1 Å². The summed E-state index contributed by atoms with van der Waals surface area (Å²) in [6.45, 7) is 3.92. The quantitative estimate of drug-likeness (QED) is 0.780. The first kappa shape index (κ1) is 16.4. The average Bonchev–Trinajstić information content (AvgIpc) is 3.09. The predicted octanol–water partition coefficient (Wildman–Crippen LogP) is 2.29. The van der Waals surface area contributed by atoms with Crippen LogP contribution in [0.15, 0.2) is 32.4 Å². The van der Waals surface area contributed by atoms with Gasteiger partial charge in [0.1, 0.15) is 22.4 Å². The summed E-state index contributed by atoms with van der Waals surface area (Å²) in [6.07, 6.45) is 3.69. The summed E-state index contributed by atoms with van der Waals surface area (Å²) in [4.78, 5) is 4.13. The maximum absolute atomic E-state index is 12.8. The molecule has 3 rings (SSSR count). The summed E-state index contributed by atoms with van der Waals surface area (Å²) in [5, 5.41) is 3.73. The van der Waals surface area contributed by atoms with E-state index >= 15 is 0 Å². The van der Waals surface area contributed by atoms with Crippen molar-refractivity contribution in [1.82, 2.24) is 14.4 Å². The minimum absolute atomic E-state index is 0.156. The van der Waals surface area contributed by atoms with E-state index in [-0.39, 0.29) is 11.0 Å². The third-order valence-electron chi connectivity index (χ3n) is 3.70. The van der Waals surface area contributed by atoms with Gasteiger partial charge in [-0.1, -0.05) is 5.16 Å². The highest BCUT2D eigenvalue weighted by Gasteiger charge is 2.37. The highest BCUT2D eigenvalue weighted by Crippen LogP contribution is 2.29. The van der Waals surface area contributed by atoms with Gasteiger partial charge in [0.2, 0.25) is 10.0 Å². The number of aryl methyl sites for hydroxylation is 2. The van der Waals surface area contributed by atoms with Gasteiger partial charge in [-0.25, -0.2) is 8.42 Å². The van der Waals surface area contributed by atoms with Crippen molar-refractivity contribution < 1.29 is 17.7 Å². The van der Waals surface area contributed by atoms with Crippen molar-refractivity contribution in [3.63, 3.8) is 0 Å². The van der Waals surface area contributed by atoms with E-state index in [0.717, 1.165) is 4.47 Å². The number of sulfonamides is 1. The van der Waals surface area contributed by atoms with Crippen LogP contribution in [-0.2, 0) is 10.0 Å². The van der Waals surface area contributed by atoms with Crippen molar-refractivity contribution in [1.29, 1.82) is 0 Å². The van der Waals surface area contributed by atoms with Gasteiger partial charge in [0.15, 0.2) is 5.76 Å². The number of rotatable bonds is 4. The Morgan fingerprint density at radius 2 is 2.22 bits per heavy atom. The molecule has 1 aliphatic rings. The molecule has 2 aromatic rings. The molecule has 23 heavy (non-hydrogen) atoms. The lowest BCUT2D eigenvalue weighted by atomic mass is 10.3. The van der Waals surface area contributed by atoms with Crippen molar-refractivity contribution in [3.8, 4) is 5.75 Å². The normalized spacial score (nSPS) is 19.2. The van der Waals surface area contributed by atoms with Gasteiger partial charge < -0.3 is 9.26 Å². The Kier molecular flexibility index (Phi) is 4.43. The third-order valence-corrected chi connectivity index (χ3v) is 6.41. The van der Waals surface area contributed by atoms with Crippen LogP contribution < -0.4 is 4.74 Å². The first-order valence-corrected chi connectivity index (χ1v) is 9.32. The van der Waals surface area contributed by atoms with Crippen LogP contribution in [0.4, 0.5) is 0 Å². The van der Waals surface area contributed by atoms with Crippen molar-refractivity contribution >= 4 is 26.0 Å². The fourth-order valence-electron chi connectivity index (χ4n) is 2.62. The van der Waals surface area contributed by atoms with Crippen LogP contribution >= 0.6 is 15.9 Å². The summed E-state index contributed by atoms with van der Waals surface area (Å²) >= 11 is 3.37. The van der Waals surface area contributed by atoms with Gasteiger partial charge in [-0.3, -0.25) is 4.98 Å². The number of ether oxygens (including phenoxy) is 1. The van der Waals surface area contributed by atoms with E-state index in [1.165, 1.54) is 4.31 Å². The maximum atomic E-state index is 12.8. The highest BCUT2D eigenvalue weighted by atomic mass is 79.9. The van der Waals surface area contributed by atoms with Crippen LogP contribution in [0.5, 0.6) is 5.75 Å². The second-order valence-electron chi connectivity index (χ2n) is 5.35. The molecule has 0 spiro atoms. The van der Waals surface area contributed by atoms with Crippen LogP contribution in [0.3, 0.4) is 0 Å². The highest BCUT2D eigenvalue weighted by molar-refractivity contribution is 9.10. The molecule has 1 atom stereocenters. The molecule has 0 aromatic carbocycles. The molecule has 0 N–H and O–H groups in total. The zero-order valence-electron chi connectivity index (χ0n) is 12.7. The number of hydrogen-bond acceptors (Lipinski definition) is 6. The van der Waals surface area contributed by atoms with Gasteiger partial charge in [0.25, 0.3) is 0 Å². The van der Waals surface area contributed by atoms with E-state index in [2.05, 4.69) is 26.1 Å². The molecule has 7 nitrogen and oxygen atoms in total. The van der Waals surface area contributed by atoms with Gasteiger partial charge in [0, 0.05) is 18.9 Å². The molecule has 0 radical (unpaired) electrons. The van der Waals surface area contributed by atoms with Crippen LogP contribution in [0.25, 0.3) is 0 Å². The summed E-state index contributed by atoms with van der Waals surface area (Å²) in [5.74, 6) is 0.963. The number of pyridine rings is 1. The number of halogens is 1. The first-order valence-electron chi connectivity index (χ1n) is 7.09. The molecule has 1 aliphatic heterocycles. The molecule has 1 saturated heterocycles. The monoisotopic (exact) mass is 401 g/mol. The van der Waals surface area contributed by atoms with Crippen LogP contribution in [-0.4, -0.2) is 42.1 Å². The molecule has 0 amide bonds. The Morgan fingerprint density at radius 3 is 2.87 bits per heavy atom. The van der Waals surface area contributed by atoms with Crippen molar-refractivity contribution in [2.24, 2.45) is 0 Å². The van der Waals surface area contributed by atoms with E-state index < -0.39 is 10.0 Å². The van der Waals surface area contributed by atoms with E-state index in [0.29, 0.717) is 36.7 Å². The lowest BCUT2D eigenvalue weighted by Gasteiger charge is -2.17. The van der Waals surface area contributed by atoms with Crippen LogP contribution in [0.1, 0.15) is 17.9 Å². The molecule has 3 heterocycles. The molecule has 9 heteroatoms. The van der Waals surface area contributed by atoms with Gasteiger partial charge in [-0.15, -0.1) is 0 Å². The predicted molar refractivity (Wildman–Crippen MR) is 85.7 cm³/mol. The van der Waals surface area contributed by atoms with Crippen LogP contribution in [0.2, 0.25) is 0 Å². The molecule has 0 bridgehead atoms. The second kappa shape index (κ2) is 6.21. The zero-order valence-corrected chi connectivity index (χ0v) is 15.1. The van der Waals surface area contributed by atoms with Crippen molar-refractivity contribution in [2.45, 2.75) is 31.3 Å². The molecular formula is C14H16BrN3O4S. The molecule has 1 unspecified atom stereocenters. The minimum Gasteiger partial charge on any atom is -0.488 e. The second-order valence-corrected chi connectivity index (χ2v) is 8.08. The Balaban J connectivity index is 1.76. The molecule has 2 aromatic heterocycles. The van der Waals surface area contributed by atoms with Gasteiger partial charge in [-0.05, 0) is 42.3 Å². The summed E-state index contributed by atoms with van der Waals surface area (Å²) in [5.41, 5.74) is 0.378. The average molecular weight is 402 g/mol. The topological polar surface area (TPSA) is 85.5 Å². The van der Waals surface area contributed by atoms with Crippen molar-refractivity contribution in [3.05, 3.63) is 34.4 Å². The van der Waals surface area contributed by atoms with Gasteiger partial charge in [-0.2, -0.15) is 4.31 Å². The Morgan fingerprint density at radius 1 is 1.43 bits per heavy atom. The Bertz CT molecular complexity index is 802. The zero-order chi connectivity index (χ0) is 16.6. The SMILES string of the molecule is Cc1noc(C)c1S(=O)(=O)N1CCC(Oc2ccncc2Br)C1. The summed E-state index contributed by atoms with van der Waals surface area (Å²) in [6, 6.07) is 1.75. The lowest BCUT2D eigenvalue weighted by molar-refractivity contribution is 0.214. The van der Waals surface area contributed by atoms with E-state index in [9.17, 15) is 8.42 Å². The molecule has 124 valence electrons. The maximum Gasteiger partial charge on any atom is 0.248 e. The summed E-state index contributed by atoms with van der Waals surface area (Å²) < 4.78 is 38.5. The lowest BCUT2D eigenvalue weighted by Crippen LogP contribution is -2.31. The first-order chi connectivity index (χ1) is 10.9. The van der Waals surface area contributed by atoms with E-state index in [4.69, 9.17) is 9.26 Å². The number of nitrogens with zero attached hydrogens (tertiary/aromatic N) is 3. The third kappa shape index (κ3) is 3.13. The Labute approximate surface area is 142 Å². The standard InChI is InChI=1S/C14H16BrN3O4S/c1-9-14(10(2)22-17-9)23(19,20)18-6-4-11(8-18)21-13-3-5-16-7-12(13)15/h3,5,7,11H,4,6,8H2,1-2H3. The number of hydrogen-bond donors (Lipinski definition) is 0. The fraction of sp³-hybridized carbons (Fsp3) is 0.429. The molecule has 0 saturated carbocycles. The van der Waals surface area contributed by atoms with Gasteiger partial charge in [0.05, 0.1) is 11.0 Å². The van der Waals surface area contributed by atoms with Crippen LogP contribution in [0, 0.1) is 13.8 Å². The smallest absolute Gasteiger partial charge is 0.248 e. The Hall–Kier alpha value is -1.45. The molecule has 1 fully saturated rings. The van der Waals surface area contributed by atoms with E-state index in [1.54, 1.807) is 32.3 Å². The minimum atomic E-state index is -3.62.